The van der Waals surface area contributed by atoms with Gasteiger partial charge in [-0.05, 0) is 18.6 Å². The summed E-state index contributed by atoms with van der Waals surface area (Å²) in [5, 5.41) is 10.8. The van der Waals surface area contributed by atoms with Crippen molar-refractivity contribution in [1.82, 2.24) is 0 Å². The molecule has 1 heterocycles. The highest BCUT2D eigenvalue weighted by Crippen LogP contribution is 2.27. The first-order chi connectivity index (χ1) is 10.6. The highest BCUT2D eigenvalue weighted by molar-refractivity contribution is 5.93. The maximum atomic E-state index is 12.2. The quantitative estimate of drug-likeness (QED) is 0.837. The number of carbonyl (C=O) groups excluding carboxylic acids is 2. The van der Waals surface area contributed by atoms with Crippen molar-refractivity contribution in [2.24, 2.45) is 5.92 Å². The van der Waals surface area contributed by atoms with E-state index < -0.39 is 17.5 Å². The fourth-order valence-electron chi connectivity index (χ4n) is 2.37. The minimum absolute atomic E-state index is 0.00722. The largest absolute Gasteiger partial charge is 0.464 e. The van der Waals surface area contributed by atoms with Gasteiger partial charge < -0.3 is 14.6 Å². The van der Waals surface area contributed by atoms with Crippen LogP contribution in [0.4, 0.5) is 0 Å². The van der Waals surface area contributed by atoms with Crippen LogP contribution in [0.3, 0.4) is 0 Å². The van der Waals surface area contributed by atoms with Crippen LogP contribution in [-0.4, -0.2) is 42.3 Å². The number of benzene rings is 1. The molecular formula is C17H20O5. The predicted molar refractivity (Wildman–Crippen MR) is 81.0 cm³/mol. The van der Waals surface area contributed by atoms with Crippen LogP contribution in [0.2, 0.25) is 0 Å². The number of esters is 1. The van der Waals surface area contributed by atoms with Gasteiger partial charge in [-0.3, -0.25) is 4.79 Å². The second-order valence-electron chi connectivity index (χ2n) is 5.13. The van der Waals surface area contributed by atoms with Gasteiger partial charge in [0, 0.05) is 6.42 Å². The van der Waals surface area contributed by atoms with E-state index in [-0.39, 0.29) is 25.4 Å². The van der Waals surface area contributed by atoms with Crippen LogP contribution < -0.4 is 0 Å². The number of rotatable bonds is 5. The summed E-state index contributed by atoms with van der Waals surface area (Å²) in [6.07, 6.45) is 3.13. The minimum atomic E-state index is -2.01. The van der Waals surface area contributed by atoms with Gasteiger partial charge in [-0.1, -0.05) is 36.4 Å². The smallest absolute Gasteiger partial charge is 0.343 e. The Morgan fingerprint density at radius 3 is 2.82 bits per heavy atom. The van der Waals surface area contributed by atoms with E-state index in [9.17, 15) is 14.7 Å². The zero-order valence-corrected chi connectivity index (χ0v) is 12.5. The molecule has 0 amide bonds. The Kier molecular flexibility index (Phi) is 5.46. The molecule has 0 unspecified atom stereocenters. The molecule has 1 aliphatic rings. The van der Waals surface area contributed by atoms with Gasteiger partial charge in [-0.2, -0.15) is 0 Å². The number of ether oxygens (including phenoxy) is 2. The molecule has 2 atom stereocenters. The molecule has 1 N–H and O–H groups in total. The van der Waals surface area contributed by atoms with E-state index >= 15 is 0 Å². The van der Waals surface area contributed by atoms with Gasteiger partial charge in [0.2, 0.25) is 0 Å². The first-order valence-corrected chi connectivity index (χ1v) is 7.32. The van der Waals surface area contributed by atoms with E-state index in [1.54, 1.807) is 13.0 Å². The molecule has 1 aromatic rings. The molecule has 118 valence electrons. The molecule has 1 aromatic carbocycles. The van der Waals surface area contributed by atoms with Crippen molar-refractivity contribution < 1.29 is 24.2 Å². The number of aliphatic hydroxyl groups is 1. The lowest BCUT2D eigenvalue weighted by Gasteiger charge is -2.32. The molecule has 0 radical (unpaired) electrons. The summed E-state index contributed by atoms with van der Waals surface area (Å²) in [5.41, 5.74) is -1.20. The third-order valence-electron chi connectivity index (χ3n) is 3.63. The molecule has 0 aromatic heterocycles. The summed E-state index contributed by atoms with van der Waals surface area (Å²) >= 11 is 0. The zero-order chi connectivity index (χ0) is 16.0. The summed E-state index contributed by atoms with van der Waals surface area (Å²) in [6, 6.07) is 9.23. The molecule has 0 saturated carbocycles. The lowest BCUT2D eigenvalue weighted by atomic mass is 9.82. The van der Waals surface area contributed by atoms with Gasteiger partial charge in [0.25, 0.3) is 0 Å². The lowest BCUT2D eigenvalue weighted by molar-refractivity contribution is -0.172. The third-order valence-corrected chi connectivity index (χ3v) is 3.63. The Morgan fingerprint density at radius 1 is 1.45 bits per heavy atom. The van der Waals surface area contributed by atoms with E-state index in [0.29, 0.717) is 6.61 Å². The Morgan fingerprint density at radius 2 is 2.18 bits per heavy atom. The van der Waals surface area contributed by atoms with Gasteiger partial charge >= 0.3 is 5.97 Å². The predicted octanol–water partition coefficient (Wildman–Crippen LogP) is 1.60. The van der Waals surface area contributed by atoms with Gasteiger partial charge in [-0.15, -0.1) is 0 Å². The number of hydrogen-bond donors (Lipinski definition) is 1. The minimum Gasteiger partial charge on any atom is -0.464 e. The molecule has 0 bridgehead atoms. The van der Waals surface area contributed by atoms with E-state index in [4.69, 9.17) is 9.47 Å². The van der Waals surface area contributed by atoms with Crippen molar-refractivity contribution in [3.05, 3.63) is 42.0 Å². The summed E-state index contributed by atoms with van der Waals surface area (Å²) in [5.74, 6) is -1.97. The van der Waals surface area contributed by atoms with Gasteiger partial charge in [0.15, 0.2) is 5.60 Å². The Bertz CT molecular complexity index is 551. The van der Waals surface area contributed by atoms with Crippen molar-refractivity contribution in [1.29, 1.82) is 0 Å². The molecule has 1 aliphatic heterocycles. The number of hydrogen-bond acceptors (Lipinski definition) is 5. The Hall–Kier alpha value is -1.98. The first-order valence-electron chi connectivity index (χ1n) is 7.32. The Labute approximate surface area is 129 Å². The first kappa shape index (κ1) is 16.4. The standard InChI is InChI=1S/C17H20O5/c1-2-22-16(19)17(20,14-12-21-11-9-15(14)18)10-8-13-6-4-3-5-7-13/h3-8,10,14,20H,2,9,11-12H2,1H3/b10-8+/t14-,17-/m1/s1. The molecule has 2 rings (SSSR count). The van der Waals surface area contributed by atoms with Crippen LogP contribution in [0.15, 0.2) is 36.4 Å². The van der Waals surface area contributed by atoms with Gasteiger partial charge in [-0.25, -0.2) is 4.79 Å². The second kappa shape index (κ2) is 7.33. The summed E-state index contributed by atoms with van der Waals surface area (Å²) in [6.45, 7) is 2.10. The van der Waals surface area contributed by atoms with Crippen LogP contribution >= 0.6 is 0 Å². The van der Waals surface area contributed by atoms with E-state index in [2.05, 4.69) is 0 Å². The number of carbonyl (C=O) groups is 2. The molecular weight excluding hydrogens is 284 g/mol. The molecule has 1 saturated heterocycles. The number of Topliss-reactive ketones (excluding diaryl/α,β-unsaturated/α-hetero) is 1. The van der Waals surface area contributed by atoms with Crippen LogP contribution in [-0.2, 0) is 19.1 Å². The average molecular weight is 304 g/mol. The van der Waals surface area contributed by atoms with Gasteiger partial charge in [0.05, 0.1) is 25.7 Å². The molecule has 5 nitrogen and oxygen atoms in total. The molecule has 0 spiro atoms. The fraction of sp³-hybridized carbons (Fsp3) is 0.412. The second-order valence-corrected chi connectivity index (χ2v) is 5.13. The van der Waals surface area contributed by atoms with Crippen LogP contribution in [0, 0.1) is 5.92 Å². The SMILES string of the molecule is CCOC(=O)[C@@](O)(/C=C/c1ccccc1)[C@@H]1COCCC1=O. The lowest BCUT2D eigenvalue weighted by Crippen LogP contribution is -2.52. The van der Waals surface area contributed by atoms with Crippen molar-refractivity contribution in [2.45, 2.75) is 18.9 Å². The zero-order valence-electron chi connectivity index (χ0n) is 12.5. The van der Waals surface area contributed by atoms with Crippen LogP contribution in [0.1, 0.15) is 18.9 Å². The van der Waals surface area contributed by atoms with Crippen molar-refractivity contribution >= 4 is 17.8 Å². The summed E-state index contributed by atoms with van der Waals surface area (Å²) in [7, 11) is 0. The Balaban J connectivity index is 2.30. The molecule has 1 fully saturated rings. The summed E-state index contributed by atoms with van der Waals surface area (Å²) in [4.78, 5) is 24.3. The van der Waals surface area contributed by atoms with E-state index in [1.807, 2.05) is 30.3 Å². The third kappa shape index (κ3) is 3.61. The maximum Gasteiger partial charge on any atom is 0.343 e. The highest BCUT2D eigenvalue weighted by atomic mass is 16.5. The fourth-order valence-corrected chi connectivity index (χ4v) is 2.37. The number of ketones is 1. The van der Waals surface area contributed by atoms with Crippen molar-refractivity contribution in [3.63, 3.8) is 0 Å². The van der Waals surface area contributed by atoms with E-state index in [1.165, 1.54) is 6.08 Å². The van der Waals surface area contributed by atoms with Crippen LogP contribution in [0.5, 0.6) is 0 Å². The van der Waals surface area contributed by atoms with Crippen LogP contribution in [0.25, 0.3) is 6.08 Å². The summed E-state index contributed by atoms with van der Waals surface area (Å²) < 4.78 is 10.2. The molecule has 22 heavy (non-hydrogen) atoms. The van der Waals surface area contributed by atoms with Gasteiger partial charge in [0.1, 0.15) is 5.78 Å². The average Bonchev–Trinajstić information content (AvgIpc) is 2.54. The van der Waals surface area contributed by atoms with Crippen molar-refractivity contribution in [2.75, 3.05) is 19.8 Å². The molecule has 0 aliphatic carbocycles. The normalized spacial score (nSPS) is 21.5. The van der Waals surface area contributed by atoms with Crippen molar-refractivity contribution in [3.8, 4) is 0 Å². The monoisotopic (exact) mass is 304 g/mol. The maximum absolute atomic E-state index is 12.2. The van der Waals surface area contributed by atoms with E-state index in [0.717, 1.165) is 5.56 Å². The topological polar surface area (TPSA) is 72.8 Å². The molecule has 5 heteroatoms. The highest BCUT2D eigenvalue weighted by Gasteiger charge is 2.48.